The number of hydrogen-bond acceptors (Lipinski definition) is 1. The van der Waals surface area contributed by atoms with Crippen LogP contribution in [0.4, 0.5) is 4.39 Å². The largest absolute Gasteiger partial charge is 0.303 e. The van der Waals surface area contributed by atoms with Gasteiger partial charge in [0.1, 0.15) is 12.1 Å². The number of hydrogen-bond donors (Lipinski definition) is 0. The molecule has 3 heteroatoms. The third-order valence-electron chi connectivity index (χ3n) is 1.49. The van der Waals surface area contributed by atoms with Crippen LogP contribution in [0.2, 0.25) is 0 Å². The predicted molar refractivity (Wildman–Crippen MR) is 48.8 cm³/mol. The van der Waals surface area contributed by atoms with Gasteiger partial charge in [-0.1, -0.05) is 22.0 Å². The van der Waals surface area contributed by atoms with E-state index in [1.807, 2.05) is 6.07 Å². The van der Waals surface area contributed by atoms with Crippen molar-refractivity contribution in [1.29, 1.82) is 0 Å². The van der Waals surface area contributed by atoms with Gasteiger partial charge in [0.2, 0.25) is 0 Å². The molecule has 0 aliphatic heterocycles. The first-order valence-electron chi connectivity index (χ1n) is 3.54. The minimum atomic E-state index is -0.288. The maximum Gasteiger partial charge on any atom is 0.124 e. The molecule has 0 amide bonds. The number of benzene rings is 1. The number of halogens is 2. The van der Waals surface area contributed by atoms with E-state index < -0.39 is 0 Å². The zero-order valence-electron chi connectivity index (χ0n) is 6.39. The molecule has 0 saturated heterocycles. The molecule has 0 fully saturated rings. The second-order valence-corrected chi connectivity index (χ2v) is 3.03. The molecule has 0 atom stereocenters. The Morgan fingerprint density at radius 3 is 2.58 bits per heavy atom. The summed E-state index contributed by atoms with van der Waals surface area (Å²) in [6.45, 7) is 0. The molecule has 0 heterocycles. The highest BCUT2D eigenvalue weighted by Crippen LogP contribution is 2.12. The SMILES string of the molecule is O=CCc1cc(F)cc(CBr)c1. The monoisotopic (exact) mass is 230 g/mol. The van der Waals surface area contributed by atoms with E-state index in [1.165, 1.54) is 12.1 Å². The van der Waals surface area contributed by atoms with E-state index in [4.69, 9.17) is 0 Å². The van der Waals surface area contributed by atoms with Crippen molar-refractivity contribution < 1.29 is 9.18 Å². The minimum absolute atomic E-state index is 0.276. The summed E-state index contributed by atoms with van der Waals surface area (Å²) in [4.78, 5) is 10.2. The summed E-state index contributed by atoms with van der Waals surface area (Å²) in [6.07, 6.45) is 1.05. The zero-order chi connectivity index (χ0) is 8.97. The van der Waals surface area contributed by atoms with Gasteiger partial charge >= 0.3 is 0 Å². The molecular weight excluding hydrogens is 223 g/mol. The Bertz CT molecular complexity index is 286. The predicted octanol–water partition coefficient (Wildman–Crippen LogP) is 2.46. The van der Waals surface area contributed by atoms with E-state index in [0.717, 1.165) is 17.4 Å². The summed E-state index contributed by atoms with van der Waals surface area (Å²) >= 11 is 3.22. The normalized spacial score (nSPS) is 9.83. The van der Waals surface area contributed by atoms with Crippen molar-refractivity contribution in [3.63, 3.8) is 0 Å². The van der Waals surface area contributed by atoms with Crippen LogP contribution < -0.4 is 0 Å². The summed E-state index contributed by atoms with van der Waals surface area (Å²) in [5, 5.41) is 0.608. The first kappa shape index (κ1) is 9.39. The van der Waals surface area contributed by atoms with Crippen LogP contribution in [0, 0.1) is 5.82 Å². The van der Waals surface area contributed by atoms with Crippen LogP contribution in [0.15, 0.2) is 18.2 Å². The second kappa shape index (κ2) is 4.36. The van der Waals surface area contributed by atoms with Crippen molar-refractivity contribution in [3.05, 3.63) is 35.1 Å². The standard InChI is InChI=1S/C9H8BrFO/c10-6-8-3-7(1-2-12)4-9(11)5-8/h2-5H,1,6H2. The van der Waals surface area contributed by atoms with E-state index in [-0.39, 0.29) is 12.2 Å². The van der Waals surface area contributed by atoms with Gasteiger partial charge in [-0.15, -0.1) is 0 Å². The lowest BCUT2D eigenvalue weighted by molar-refractivity contribution is -0.107. The molecule has 0 aliphatic carbocycles. The van der Waals surface area contributed by atoms with Crippen LogP contribution in [0.5, 0.6) is 0 Å². The van der Waals surface area contributed by atoms with Crippen LogP contribution in [0.25, 0.3) is 0 Å². The summed E-state index contributed by atoms with van der Waals surface area (Å²) in [5.74, 6) is -0.288. The molecular formula is C9H8BrFO. The van der Waals surface area contributed by atoms with Gasteiger partial charge in [-0.2, -0.15) is 0 Å². The van der Waals surface area contributed by atoms with Gasteiger partial charge in [0.05, 0.1) is 0 Å². The molecule has 0 aliphatic rings. The van der Waals surface area contributed by atoms with Crippen LogP contribution in [-0.4, -0.2) is 6.29 Å². The van der Waals surface area contributed by atoms with Gasteiger partial charge in [0.15, 0.2) is 0 Å². The molecule has 1 rings (SSSR count). The van der Waals surface area contributed by atoms with Crippen molar-refractivity contribution in [2.45, 2.75) is 11.8 Å². The molecule has 0 radical (unpaired) electrons. The highest BCUT2D eigenvalue weighted by atomic mass is 79.9. The van der Waals surface area contributed by atoms with Crippen LogP contribution in [0.3, 0.4) is 0 Å². The first-order valence-corrected chi connectivity index (χ1v) is 4.66. The van der Waals surface area contributed by atoms with Gasteiger partial charge in [0.25, 0.3) is 0 Å². The Hall–Kier alpha value is -0.700. The molecule has 0 spiro atoms. The third kappa shape index (κ3) is 2.41. The average Bonchev–Trinajstić information content (AvgIpc) is 2.04. The van der Waals surface area contributed by atoms with Crippen LogP contribution >= 0.6 is 15.9 Å². The van der Waals surface area contributed by atoms with Crippen LogP contribution in [0.1, 0.15) is 11.1 Å². The van der Waals surface area contributed by atoms with Gasteiger partial charge in [-0.05, 0) is 23.3 Å². The molecule has 0 bridgehead atoms. The number of alkyl halides is 1. The number of aldehydes is 1. The lowest BCUT2D eigenvalue weighted by Gasteiger charge is -1.99. The maximum absolute atomic E-state index is 12.8. The molecule has 12 heavy (non-hydrogen) atoms. The van der Waals surface area contributed by atoms with Crippen molar-refractivity contribution in [2.75, 3.05) is 0 Å². The lowest BCUT2D eigenvalue weighted by atomic mass is 10.1. The van der Waals surface area contributed by atoms with E-state index in [2.05, 4.69) is 15.9 Å². The fourth-order valence-corrected chi connectivity index (χ4v) is 1.33. The Balaban J connectivity index is 2.97. The fraction of sp³-hybridized carbons (Fsp3) is 0.222. The first-order chi connectivity index (χ1) is 5.76. The van der Waals surface area contributed by atoms with Crippen molar-refractivity contribution in [2.24, 2.45) is 0 Å². The quantitative estimate of drug-likeness (QED) is 0.576. The van der Waals surface area contributed by atoms with Gasteiger partial charge in [0, 0.05) is 11.8 Å². The van der Waals surface area contributed by atoms with E-state index in [1.54, 1.807) is 0 Å². The van der Waals surface area contributed by atoms with Gasteiger partial charge in [-0.3, -0.25) is 0 Å². The molecule has 1 aromatic rings. The van der Waals surface area contributed by atoms with Gasteiger partial charge < -0.3 is 4.79 Å². The third-order valence-corrected chi connectivity index (χ3v) is 2.14. The molecule has 0 aromatic heterocycles. The zero-order valence-corrected chi connectivity index (χ0v) is 7.97. The minimum Gasteiger partial charge on any atom is -0.303 e. The topological polar surface area (TPSA) is 17.1 Å². The highest BCUT2D eigenvalue weighted by molar-refractivity contribution is 9.08. The molecule has 0 saturated carbocycles. The van der Waals surface area contributed by atoms with Crippen molar-refractivity contribution in [3.8, 4) is 0 Å². The van der Waals surface area contributed by atoms with Gasteiger partial charge in [-0.25, -0.2) is 4.39 Å². The van der Waals surface area contributed by atoms with Crippen LogP contribution in [-0.2, 0) is 16.5 Å². The second-order valence-electron chi connectivity index (χ2n) is 2.47. The van der Waals surface area contributed by atoms with E-state index >= 15 is 0 Å². The molecule has 0 N–H and O–H groups in total. The maximum atomic E-state index is 12.8. The average molecular weight is 231 g/mol. The Labute approximate surface area is 78.7 Å². The number of rotatable bonds is 3. The van der Waals surface area contributed by atoms with E-state index in [9.17, 15) is 9.18 Å². The molecule has 0 unspecified atom stereocenters. The Morgan fingerprint density at radius 2 is 2.00 bits per heavy atom. The van der Waals surface area contributed by atoms with Crippen molar-refractivity contribution in [1.82, 2.24) is 0 Å². The van der Waals surface area contributed by atoms with Crippen molar-refractivity contribution >= 4 is 22.2 Å². The number of carbonyl (C=O) groups excluding carboxylic acids is 1. The smallest absolute Gasteiger partial charge is 0.124 e. The summed E-state index contributed by atoms with van der Waals surface area (Å²) in [5.41, 5.74) is 1.58. The summed E-state index contributed by atoms with van der Waals surface area (Å²) in [7, 11) is 0. The highest BCUT2D eigenvalue weighted by Gasteiger charge is 1.98. The molecule has 1 aromatic carbocycles. The molecule has 64 valence electrons. The fourth-order valence-electron chi connectivity index (χ4n) is 1.01. The Kier molecular flexibility index (Phi) is 3.41. The summed E-state index contributed by atoms with van der Waals surface area (Å²) in [6, 6.07) is 4.63. The molecule has 1 nitrogen and oxygen atoms in total. The lowest BCUT2D eigenvalue weighted by Crippen LogP contribution is -1.90. The Morgan fingerprint density at radius 1 is 1.33 bits per heavy atom. The number of carbonyl (C=O) groups is 1. The van der Waals surface area contributed by atoms with E-state index in [0.29, 0.717) is 5.33 Å². The summed E-state index contributed by atoms with van der Waals surface area (Å²) < 4.78 is 12.8.